The zero-order valence-electron chi connectivity index (χ0n) is 6.01. The van der Waals surface area contributed by atoms with Crippen LogP contribution < -0.4 is 0 Å². The molecule has 0 saturated carbocycles. The van der Waals surface area contributed by atoms with Gasteiger partial charge in [0.2, 0.25) is 0 Å². The van der Waals surface area contributed by atoms with E-state index in [1.165, 1.54) is 11.5 Å². The van der Waals surface area contributed by atoms with Crippen molar-refractivity contribution in [1.29, 1.82) is 0 Å². The van der Waals surface area contributed by atoms with Gasteiger partial charge in [0.25, 0.3) is 0 Å². The van der Waals surface area contributed by atoms with Crippen molar-refractivity contribution in [1.82, 2.24) is 14.8 Å². The molecule has 0 fully saturated rings. The molecule has 0 radical (unpaired) electrons. The third kappa shape index (κ3) is 1.26. The summed E-state index contributed by atoms with van der Waals surface area (Å²) in [6.45, 7) is 0. The van der Waals surface area contributed by atoms with Crippen molar-refractivity contribution in [3.8, 4) is 16.3 Å². The molecule has 0 aliphatic heterocycles. The van der Waals surface area contributed by atoms with E-state index in [1.807, 2.05) is 0 Å². The van der Waals surface area contributed by atoms with Crippen molar-refractivity contribution in [3.63, 3.8) is 0 Å². The molecule has 4 nitrogen and oxygen atoms in total. The Morgan fingerprint density at radius 2 is 1.92 bits per heavy atom. The van der Waals surface area contributed by atoms with E-state index in [4.69, 9.17) is 5.11 Å². The average molecular weight is 179 g/mol. The standard InChI is InChI=1S/C7H5N3OS/c11-6-3-1-5(2-4-6)7-8-9-10-12-7/h1-4,11H. The molecule has 1 aromatic heterocycles. The lowest BCUT2D eigenvalue weighted by Crippen LogP contribution is -1.75. The minimum absolute atomic E-state index is 0.247. The third-order valence-corrected chi connectivity index (χ3v) is 2.06. The van der Waals surface area contributed by atoms with Gasteiger partial charge in [-0.15, -0.1) is 5.10 Å². The summed E-state index contributed by atoms with van der Waals surface area (Å²) in [5.41, 5.74) is 0.919. The zero-order valence-corrected chi connectivity index (χ0v) is 6.82. The number of phenolic OH excluding ortho intramolecular Hbond substituents is 1. The number of nitrogens with zero attached hydrogens (tertiary/aromatic N) is 3. The summed E-state index contributed by atoms with van der Waals surface area (Å²) in [7, 11) is 0. The lowest BCUT2D eigenvalue weighted by Gasteiger charge is -1.93. The van der Waals surface area contributed by atoms with Crippen molar-refractivity contribution in [2.75, 3.05) is 0 Å². The van der Waals surface area contributed by atoms with Crippen LogP contribution in [0.4, 0.5) is 0 Å². The van der Waals surface area contributed by atoms with E-state index in [0.717, 1.165) is 10.6 Å². The first kappa shape index (κ1) is 7.17. The summed E-state index contributed by atoms with van der Waals surface area (Å²) < 4.78 is 3.64. The predicted molar refractivity (Wildman–Crippen MR) is 44.8 cm³/mol. The van der Waals surface area contributed by atoms with E-state index in [0.29, 0.717) is 0 Å². The van der Waals surface area contributed by atoms with Crippen LogP contribution in [0.5, 0.6) is 5.75 Å². The molecule has 1 aromatic carbocycles. The highest BCUT2D eigenvalue weighted by Gasteiger charge is 2.00. The Kier molecular flexibility index (Phi) is 1.71. The van der Waals surface area contributed by atoms with E-state index in [9.17, 15) is 0 Å². The maximum atomic E-state index is 9.01. The minimum atomic E-state index is 0.247. The van der Waals surface area contributed by atoms with Crippen LogP contribution in [0.1, 0.15) is 0 Å². The number of aromatic hydroxyl groups is 1. The van der Waals surface area contributed by atoms with Gasteiger partial charge in [-0.2, -0.15) is 0 Å². The first-order chi connectivity index (χ1) is 5.86. The normalized spacial score (nSPS) is 10.0. The molecule has 12 heavy (non-hydrogen) atoms. The van der Waals surface area contributed by atoms with Crippen molar-refractivity contribution >= 4 is 11.5 Å². The summed E-state index contributed by atoms with van der Waals surface area (Å²) >= 11 is 1.23. The van der Waals surface area contributed by atoms with Gasteiger partial charge in [0.05, 0.1) is 0 Å². The summed E-state index contributed by atoms with van der Waals surface area (Å²) in [4.78, 5) is 0. The smallest absolute Gasteiger partial charge is 0.168 e. The quantitative estimate of drug-likeness (QED) is 0.717. The lowest BCUT2D eigenvalue weighted by atomic mass is 10.2. The van der Waals surface area contributed by atoms with E-state index < -0.39 is 0 Å². The van der Waals surface area contributed by atoms with Crippen LogP contribution in [-0.2, 0) is 0 Å². The molecular formula is C7H5N3OS. The molecule has 0 aliphatic rings. The molecule has 0 atom stereocenters. The maximum Gasteiger partial charge on any atom is 0.168 e. The topological polar surface area (TPSA) is 58.9 Å². The minimum Gasteiger partial charge on any atom is -0.508 e. The van der Waals surface area contributed by atoms with E-state index >= 15 is 0 Å². The SMILES string of the molecule is Oc1ccc(-c2nnns2)cc1. The Labute approximate surface area is 72.7 Å². The van der Waals surface area contributed by atoms with Gasteiger partial charge in [-0.3, -0.25) is 0 Å². The molecule has 1 N–H and O–H groups in total. The predicted octanol–water partition coefficient (Wildman–Crippen LogP) is 1.31. The number of aromatic nitrogens is 3. The van der Waals surface area contributed by atoms with Gasteiger partial charge in [-0.05, 0) is 29.5 Å². The molecule has 0 unspecified atom stereocenters. The first-order valence-corrected chi connectivity index (χ1v) is 4.08. The second-order valence-corrected chi connectivity index (χ2v) is 2.95. The number of hydrogen-bond donors (Lipinski definition) is 1. The molecule has 60 valence electrons. The Morgan fingerprint density at radius 1 is 1.17 bits per heavy atom. The average Bonchev–Trinajstić information content (AvgIpc) is 2.58. The highest BCUT2D eigenvalue weighted by atomic mass is 32.1. The van der Waals surface area contributed by atoms with Gasteiger partial charge in [-0.25, -0.2) is 0 Å². The summed E-state index contributed by atoms with van der Waals surface area (Å²) in [5.74, 6) is 0.247. The van der Waals surface area contributed by atoms with Crippen LogP contribution in [-0.4, -0.2) is 19.9 Å². The molecule has 0 amide bonds. The molecule has 0 bridgehead atoms. The van der Waals surface area contributed by atoms with E-state index in [-0.39, 0.29) is 5.75 Å². The molecule has 0 aliphatic carbocycles. The maximum absolute atomic E-state index is 9.01. The van der Waals surface area contributed by atoms with Gasteiger partial charge in [0, 0.05) is 17.1 Å². The second-order valence-electron chi connectivity index (χ2n) is 2.21. The molecule has 1 heterocycles. The monoisotopic (exact) mass is 179 g/mol. The number of phenols is 1. The summed E-state index contributed by atoms with van der Waals surface area (Å²) in [6.07, 6.45) is 0. The fourth-order valence-corrected chi connectivity index (χ4v) is 1.31. The van der Waals surface area contributed by atoms with Crippen molar-refractivity contribution in [2.45, 2.75) is 0 Å². The highest BCUT2D eigenvalue weighted by Crippen LogP contribution is 2.21. The summed E-state index contributed by atoms with van der Waals surface area (Å²) in [6, 6.07) is 6.77. The van der Waals surface area contributed by atoms with Gasteiger partial charge in [0.15, 0.2) is 5.01 Å². The van der Waals surface area contributed by atoms with Gasteiger partial charge in [-0.1, -0.05) is 4.49 Å². The fourth-order valence-electron chi connectivity index (χ4n) is 0.849. The Balaban J connectivity index is 2.43. The van der Waals surface area contributed by atoms with Crippen LogP contribution in [0, 0.1) is 0 Å². The van der Waals surface area contributed by atoms with Gasteiger partial charge < -0.3 is 5.11 Å². The first-order valence-electron chi connectivity index (χ1n) is 3.31. The van der Waals surface area contributed by atoms with Crippen molar-refractivity contribution in [2.24, 2.45) is 0 Å². The molecule has 2 rings (SSSR count). The van der Waals surface area contributed by atoms with E-state index in [1.54, 1.807) is 24.3 Å². The Bertz CT molecular complexity index is 357. The lowest BCUT2D eigenvalue weighted by molar-refractivity contribution is 0.475. The zero-order chi connectivity index (χ0) is 8.39. The Hall–Kier alpha value is -1.49. The van der Waals surface area contributed by atoms with Crippen molar-refractivity contribution in [3.05, 3.63) is 24.3 Å². The summed E-state index contributed by atoms with van der Waals surface area (Å²) in [5, 5.41) is 17.0. The van der Waals surface area contributed by atoms with Gasteiger partial charge in [0.1, 0.15) is 5.75 Å². The highest BCUT2D eigenvalue weighted by molar-refractivity contribution is 7.08. The molecule has 5 heteroatoms. The number of hydrogen-bond acceptors (Lipinski definition) is 5. The van der Waals surface area contributed by atoms with Crippen LogP contribution in [0.25, 0.3) is 10.6 Å². The van der Waals surface area contributed by atoms with Crippen LogP contribution in [0.3, 0.4) is 0 Å². The van der Waals surface area contributed by atoms with Crippen LogP contribution in [0.15, 0.2) is 24.3 Å². The van der Waals surface area contributed by atoms with Crippen LogP contribution in [0.2, 0.25) is 0 Å². The largest absolute Gasteiger partial charge is 0.508 e. The molecule has 0 spiro atoms. The fraction of sp³-hybridized carbons (Fsp3) is 0. The molecule has 2 aromatic rings. The third-order valence-electron chi connectivity index (χ3n) is 1.41. The number of benzene rings is 1. The van der Waals surface area contributed by atoms with E-state index in [2.05, 4.69) is 14.8 Å². The van der Waals surface area contributed by atoms with Crippen LogP contribution >= 0.6 is 11.5 Å². The molecular weight excluding hydrogens is 174 g/mol. The van der Waals surface area contributed by atoms with Crippen molar-refractivity contribution < 1.29 is 5.11 Å². The molecule has 0 saturated heterocycles. The Morgan fingerprint density at radius 3 is 2.50 bits per heavy atom. The number of rotatable bonds is 1. The second kappa shape index (κ2) is 2.86. The van der Waals surface area contributed by atoms with Gasteiger partial charge >= 0.3 is 0 Å².